The Bertz CT molecular complexity index is 2140. The molecule has 288 valence electrons. The molecule has 2 aromatic rings. The summed E-state index contributed by atoms with van der Waals surface area (Å²) in [7, 11) is -0.471. The van der Waals surface area contributed by atoms with Gasteiger partial charge in [0, 0.05) is 54.0 Å². The van der Waals surface area contributed by atoms with Crippen LogP contribution in [0.3, 0.4) is 0 Å². The zero-order valence-electron chi connectivity index (χ0n) is 32.8. The molecule has 2 N–H and O–H groups in total. The summed E-state index contributed by atoms with van der Waals surface area (Å²) in [5.41, 5.74) is 8.57. The van der Waals surface area contributed by atoms with Gasteiger partial charge in [-0.2, -0.15) is 21.4 Å². The molecule has 2 aliphatic heterocycles. The first-order valence-electron chi connectivity index (χ1n) is 18.4. The van der Waals surface area contributed by atoms with E-state index in [9.17, 15) is 25.9 Å². The Morgan fingerprint density at radius 2 is 1.40 bits per heavy atom. The van der Waals surface area contributed by atoms with Crippen molar-refractivity contribution in [3.05, 3.63) is 94.2 Å². The van der Waals surface area contributed by atoms with Gasteiger partial charge in [0.2, 0.25) is 5.69 Å². The molecular formula is C41H57N4O6S2+. The summed E-state index contributed by atoms with van der Waals surface area (Å²) in [6.07, 6.45) is 13.6. The van der Waals surface area contributed by atoms with Gasteiger partial charge >= 0.3 is 0 Å². The summed E-state index contributed by atoms with van der Waals surface area (Å²) in [5.74, 6) is 0. The third-order valence-electron chi connectivity index (χ3n) is 11.0. The quantitative estimate of drug-likeness (QED) is 0.162. The molecule has 0 unspecified atom stereocenters. The van der Waals surface area contributed by atoms with Crippen molar-refractivity contribution in [3.8, 4) is 0 Å². The lowest BCUT2D eigenvalue weighted by molar-refractivity contribution is -0.438. The van der Waals surface area contributed by atoms with Crippen LogP contribution in [0.25, 0.3) is 0 Å². The van der Waals surface area contributed by atoms with Crippen LogP contribution in [0.1, 0.15) is 77.8 Å². The van der Waals surface area contributed by atoms with Gasteiger partial charge in [-0.3, -0.25) is 9.11 Å². The molecule has 53 heavy (non-hydrogen) atoms. The maximum Gasteiger partial charge on any atom is 0.294 e. The molecule has 0 aromatic heterocycles. The van der Waals surface area contributed by atoms with Gasteiger partial charge in [0.1, 0.15) is 0 Å². The average Bonchev–Trinajstić information content (AvgIpc) is 3.40. The van der Waals surface area contributed by atoms with E-state index in [0.717, 1.165) is 92.2 Å². The topological polar surface area (TPSA) is 121 Å². The monoisotopic (exact) mass is 765 g/mol. The number of allylic oxidation sites excluding steroid dienone is 8. The summed E-state index contributed by atoms with van der Waals surface area (Å²) in [6, 6.07) is 9.81. The van der Waals surface area contributed by atoms with Crippen molar-refractivity contribution in [2.24, 2.45) is 0 Å². The van der Waals surface area contributed by atoms with E-state index in [4.69, 9.17) is 0 Å². The van der Waals surface area contributed by atoms with Crippen molar-refractivity contribution in [1.82, 2.24) is 9.80 Å². The Morgan fingerprint density at radius 3 is 2.02 bits per heavy atom. The molecule has 5 rings (SSSR count). The molecule has 0 spiro atoms. The maximum absolute atomic E-state index is 12.1. The Morgan fingerprint density at radius 1 is 0.792 bits per heavy atom. The first kappa shape index (κ1) is 40.8. The lowest BCUT2D eigenvalue weighted by Gasteiger charge is -2.28. The second-order valence-electron chi connectivity index (χ2n) is 16.1. The van der Waals surface area contributed by atoms with Gasteiger partial charge in [0.05, 0.1) is 15.2 Å². The van der Waals surface area contributed by atoms with Gasteiger partial charge in [-0.05, 0) is 140 Å². The molecule has 10 nitrogen and oxygen atoms in total. The van der Waals surface area contributed by atoms with E-state index < -0.39 is 31.1 Å². The van der Waals surface area contributed by atoms with E-state index in [-0.39, 0.29) is 9.79 Å². The fraction of sp³-hybridized carbons (Fsp3) is 0.488. The van der Waals surface area contributed by atoms with Crippen molar-refractivity contribution >= 4 is 37.3 Å². The number of benzene rings is 2. The van der Waals surface area contributed by atoms with E-state index >= 15 is 0 Å². The predicted molar refractivity (Wildman–Crippen MR) is 214 cm³/mol. The number of hydrogen-bond acceptors (Lipinski definition) is 7. The second kappa shape index (κ2) is 15.4. The van der Waals surface area contributed by atoms with E-state index in [1.165, 1.54) is 28.9 Å². The lowest BCUT2D eigenvalue weighted by Crippen LogP contribution is -2.29. The fourth-order valence-corrected chi connectivity index (χ4v) is 9.04. The molecule has 0 fully saturated rings. The highest BCUT2D eigenvalue weighted by molar-refractivity contribution is 7.86. The highest BCUT2D eigenvalue weighted by atomic mass is 32.2. The van der Waals surface area contributed by atoms with Crippen molar-refractivity contribution in [3.63, 3.8) is 0 Å². The molecule has 0 amide bonds. The van der Waals surface area contributed by atoms with E-state index in [1.54, 1.807) is 12.1 Å². The molecular weight excluding hydrogens is 709 g/mol. The minimum Gasteiger partial charge on any atom is -0.344 e. The Kier molecular flexibility index (Phi) is 11.8. The Balaban J connectivity index is 1.52. The molecule has 0 saturated heterocycles. The molecule has 0 radical (unpaired) electrons. The SMILES string of the molecule is CC1=C(/C=C/C2=[N+](CCCN(C)C)c3ccc(S(=O)(=O)O)cc3C2(C)C)CCC/C1=C\C=C1\N(CCCN(C)C)c2ccc(S(=O)(=O)O)cc2C1(C)C. The zero-order chi connectivity index (χ0) is 39.1. The van der Waals surface area contributed by atoms with Crippen molar-refractivity contribution in [2.45, 2.75) is 87.3 Å². The second-order valence-corrected chi connectivity index (χ2v) is 19.0. The van der Waals surface area contributed by atoms with Gasteiger partial charge in [-0.25, -0.2) is 0 Å². The normalized spacial score (nSPS) is 20.2. The van der Waals surface area contributed by atoms with E-state index in [0.29, 0.717) is 0 Å². The van der Waals surface area contributed by atoms with Crippen molar-refractivity contribution in [2.75, 3.05) is 59.3 Å². The van der Waals surface area contributed by atoms with Crippen LogP contribution in [0, 0.1) is 0 Å². The number of anilines is 1. The third-order valence-corrected chi connectivity index (χ3v) is 12.7. The Labute approximate surface area is 317 Å². The van der Waals surface area contributed by atoms with Gasteiger partial charge in [0.15, 0.2) is 12.3 Å². The minimum atomic E-state index is -4.34. The van der Waals surface area contributed by atoms with Crippen LogP contribution >= 0.6 is 0 Å². The standard InChI is InChI=1S/C41H56N4O6S2/c1-29-30(15-21-38-40(2,3)34-27-32(52(46,47)48)17-19-36(34)44(38)25-11-23-42(6)7)13-10-14-31(29)16-22-39-41(4,5)35-28-33(53(49,50)51)18-20-37(35)45(39)26-12-24-43(8)9/h15-22,27-28H,10-14,23-26H2,1-9H3,(H-,46,47,48,49,50,51)/p+1. The minimum absolute atomic E-state index is 0.0961. The summed E-state index contributed by atoms with van der Waals surface area (Å²) in [5, 5.41) is 0. The number of fused-ring (bicyclic) bond motifs is 2. The van der Waals surface area contributed by atoms with Gasteiger partial charge in [-0.1, -0.05) is 26.0 Å². The van der Waals surface area contributed by atoms with Crippen LogP contribution in [0.2, 0.25) is 0 Å². The van der Waals surface area contributed by atoms with Crippen LogP contribution in [-0.4, -0.2) is 100 Å². The first-order valence-corrected chi connectivity index (χ1v) is 21.3. The average molecular weight is 766 g/mol. The van der Waals surface area contributed by atoms with Gasteiger partial charge < -0.3 is 14.7 Å². The fourth-order valence-electron chi connectivity index (χ4n) is 8.03. The third kappa shape index (κ3) is 8.63. The molecule has 3 aliphatic rings. The van der Waals surface area contributed by atoms with Gasteiger partial charge in [-0.15, -0.1) is 0 Å². The highest BCUT2D eigenvalue weighted by Crippen LogP contribution is 2.49. The van der Waals surface area contributed by atoms with Crippen LogP contribution < -0.4 is 4.90 Å². The van der Waals surface area contributed by atoms with E-state index in [1.807, 2.05) is 12.1 Å². The van der Waals surface area contributed by atoms with Crippen molar-refractivity contribution in [1.29, 1.82) is 0 Å². The largest absolute Gasteiger partial charge is 0.344 e. The van der Waals surface area contributed by atoms with Crippen LogP contribution in [0.15, 0.2) is 92.9 Å². The lowest BCUT2D eigenvalue weighted by atomic mass is 9.80. The summed E-state index contributed by atoms with van der Waals surface area (Å²) in [4.78, 5) is 6.41. The predicted octanol–water partition coefficient (Wildman–Crippen LogP) is 7.12. The highest BCUT2D eigenvalue weighted by Gasteiger charge is 2.45. The molecule has 2 heterocycles. The zero-order valence-corrected chi connectivity index (χ0v) is 34.4. The molecule has 0 saturated carbocycles. The number of rotatable bonds is 13. The molecule has 1 aliphatic carbocycles. The molecule has 12 heteroatoms. The van der Waals surface area contributed by atoms with Crippen LogP contribution in [0.4, 0.5) is 11.4 Å². The molecule has 0 atom stereocenters. The Hall–Kier alpha value is -3.39. The van der Waals surface area contributed by atoms with Gasteiger partial charge in [0.25, 0.3) is 20.2 Å². The van der Waals surface area contributed by atoms with E-state index in [2.05, 4.69) is 106 Å². The van der Waals surface area contributed by atoms with Crippen LogP contribution in [0.5, 0.6) is 0 Å². The number of nitrogens with zero attached hydrogens (tertiary/aromatic N) is 4. The summed E-state index contributed by atoms with van der Waals surface area (Å²) in [6.45, 7) is 14.0. The smallest absolute Gasteiger partial charge is 0.294 e. The van der Waals surface area contributed by atoms with Crippen molar-refractivity contribution < 1.29 is 30.5 Å². The first-order chi connectivity index (χ1) is 24.6. The molecule has 0 bridgehead atoms. The van der Waals surface area contributed by atoms with Crippen LogP contribution in [-0.2, 0) is 31.1 Å². The maximum atomic E-state index is 12.1. The number of hydrogen-bond donors (Lipinski definition) is 2. The molecule has 2 aromatic carbocycles. The summed E-state index contributed by atoms with van der Waals surface area (Å²) < 4.78 is 70.3. The summed E-state index contributed by atoms with van der Waals surface area (Å²) >= 11 is 0.